The maximum Gasteiger partial charge on any atom is 0.191 e. The number of ether oxygens (including phenoxy) is 1. The lowest BCUT2D eigenvalue weighted by Gasteiger charge is -2.12. The van der Waals surface area contributed by atoms with E-state index in [2.05, 4.69) is 64.4 Å². The molecular formula is C22H35N5O. The van der Waals surface area contributed by atoms with E-state index in [1.165, 1.54) is 11.3 Å². The molecule has 2 aromatic rings. The number of aryl methyl sites for hydroxylation is 4. The smallest absolute Gasteiger partial charge is 0.191 e. The summed E-state index contributed by atoms with van der Waals surface area (Å²) in [7, 11) is 0. The van der Waals surface area contributed by atoms with Crippen LogP contribution in [0.2, 0.25) is 0 Å². The highest BCUT2D eigenvalue weighted by molar-refractivity contribution is 5.79. The van der Waals surface area contributed by atoms with Crippen molar-refractivity contribution < 1.29 is 4.74 Å². The van der Waals surface area contributed by atoms with Crippen LogP contribution >= 0.6 is 0 Å². The molecule has 2 N–H and O–H groups in total. The van der Waals surface area contributed by atoms with Crippen molar-refractivity contribution >= 4 is 5.96 Å². The number of benzene rings is 1. The minimum atomic E-state index is 0.737. The summed E-state index contributed by atoms with van der Waals surface area (Å²) in [5.41, 5.74) is 3.53. The van der Waals surface area contributed by atoms with Crippen LogP contribution < -0.4 is 15.4 Å². The van der Waals surface area contributed by atoms with Crippen LogP contribution in [0.25, 0.3) is 0 Å². The number of unbranched alkanes of at least 4 members (excludes halogenated alkanes) is 1. The van der Waals surface area contributed by atoms with E-state index in [4.69, 9.17) is 4.74 Å². The predicted octanol–water partition coefficient (Wildman–Crippen LogP) is 3.61. The van der Waals surface area contributed by atoms with Gasteiger partial charge in [0.25, 0.3) is 0 Å². The number of nitrogens with one attached hydrogen (secondary N) is 2. The molecule has 0 bridgehead atoms. The van der Waals surface area contributed by atoms with E-state index in [1.54, 1.807) is 0 Å². The van der Waals surface area contributed by atoms with E-state index in [1.807, 2.05) is 19.1 Å². The number of aromatic nitrogens is 2. The van der Waals surface area contributed by atoms with Gasteiger partial charge in [-0.3, -0.25) is 9.67 Å². The van der Waals surface area contributed by atoms with Gasteiger partial charge in [0.15, 0.2) is 5.96 Å². The van der Waals surface area contributed by atoms with Crippen LogP contribution in [0.3, 0.4) is 0 Å². The Morgan fingerprint density at radius 1 is 1.07 bits per heavy atom. The van der Waals surface area contributed by atoms with Gasteiger partial charge in [-0.15, -0.1) is 0 Å². The largest absolute Gasteiger partial charge is 0.494 e. The van der Waals surface area contributed by atoms with Crippen molar-refractivity contribution in [3.63, 3.8) is 0 Å². The van der Waals surface area contributed by atoms with E-state index in [0.29, 0.717) is 0 Å². The molecule has 0 spiro atoms. The lowest BCUT2D eigenvalue weighted by Crippen LogP contribution is -2.38. The molecule has 0 saturated carbocycles. The Bertz CT molecular complexity index is 721. The maximum atomic E-state index is 5.77. The number of aliphatic imine (C=N–C) groups is 1. The van der Waals surface area contributed by atoms with Crippen LogP contribution in [-0.4, -0.2) is 42.0 Å². The molecule has 2 rings (SSSR count). The fourth-order valence-corrected chi connectivity index (χ4v) is 2.91. The van der Waals surface area contributed by atoms with Crippen LogP contribution in [0.1, 0.15) is 43.1 Å². The molecule has 1 aromatic heterocycles. The lowest BCUT2D eigenvalue weighted by atomic mass is 10.2. The first-order valence-corrected chi connectivity index (χ1v) is 10.3. The monoisotopic (exact) mass is 385 g/mol. The van der Waals surface area contributed by atoms with Crippen LogP contribution in [0.4, 0.5) is 0 Å². The summed E-state index contributed by atoms with van der Waals surface area (Å²) in [6, 6.07) is 10.3. The van der Waals surface area contributed by atoms with Gasteiger partial charge in [-0.05, 0) is 65.2 Å². The van der Waals surface area contributed by atoms with Crippen molar-refractivity contribution in [3.8, 4) is 5.75 Å². The van der Waals surface area contributed by atoms with Crippen molar-refractivity contribution in [3.05, 3.63) is 47.3 Å². The third-order valence-corrected chi connectivity index (χ3v) is 4.40. The third kappa shape index (κ3) is 8.03. The first-order chi connectivity index (χ1) is 13.6. The number of nitrogens with zero attached hydrogens (tertiary/aromatic N) is 3. The first kappa shape index (κ1) is 21.8. The third-order valence-electron chi connectivity index (χ3n) is 4.40. The zero-order chi connectivity index (χ0) is 20.2. The summed E-state index contributed by atoms with van der Waals surface area (Å²) in [4.78, 5) is 4.66. The lowest BCUT2D eigenvalue weighted by molar-refractivity contribution is 0.307. The molecule has 0 radical (unpaired) electrons. The van der Waals surface area contributed by atoms with E-state index in [9.17, 15) is 0 Å². The number of rotatable bonds is 11. The summed E-state index contributed by atoms with van der Waals surface area (Å²) < 4.78 is 7.82. The standard InChI is InChI=1S/C22H35N5O/c1-5-23-22(25-14-8-15-27-20(4)17-19(3)26-27)24-13-6-7-16-28-21-11-9-18(2)10-12-21/h9-12,17H,5-8,13-16H2,1-4H3,(H2,23,24,25). The Morgan fingerprint density at radius 2 is 1.86 bits per heavy atom. The second-order valence-corrected chi connectivity index (χ2v) is 7.06. The summed E-state index contributed by atoms with van der Waals surface area (Å²) in [5.74, 6) is 1.83. The summed E-state index contributed by atoms with van der Waals surface area (Å²) in [6.45, 7) is 12.5. The minimum Gasteiger partial charge on any atom is -0.494 e. The molecule has 0 saturated heterocycles. The Morgan fingerprint density at radius 3 is 2.54 bits per heavy atom. The van der Waals surface area contributed by atoms with Crippen LogP contribution in [-0.2, 0) is 6.54 Å². The molecule has 6 heteroatoms. The SMILES string of the molecule is CCNC(=NCCCn1nc(C)cc1C)NCCCCOc1ccc(C)cc1. The molecule has 0 amide bonds. The van der Waals surface area contributed by atoms with E-state index in [-0.39, 0.29) is 0 Å². The molecule has 6 nitrogen and oxygen atoms in total. The Kier molecular flexibility index (Phi) is 9.39. The Labute approximate surface area is 169 Å². The molecule has 0 aliphatic rings. The zero-order valence-corrected chi connectivity index (χ0v) is 17.8. The molecule has 0 aliphatic heterocycles. The fourth-order valence-electron chi connectivity index (χ4n) is 2.91. The van der Waals surface area contributed by atoms with Crippen molar-refractivity contribution in [2.75, 3.05) is 26.2 Å². The van der Waals surface area contributed by atoms with Gasteiger partial charge in [-0.2, -0.15) is 5.10 Å². The predicted molar refractivity (Wildman–Crippen MR) is 116 cm³/mol. The zero-order valence-electron chi connectivity index (χ0n) is 17.8. The highest BCUT2D eigenvalue weighted by Crippen LogP contribution is 2.11. The van der Waals surface area contributed by atoms with E-state index in [0.717, 1.165) is 69.5 Å². The average Bonchev–Trinajstić information content (AvgIpc) is 3.00. The summed E-state index contributed by atoms with van der Waals surface area (Å²) in [6.07, 6.45) is 3.03. The van der Waals surface area contributed by atoms with Gasteiger partial charge in [0.2, 0.25) is 0 Å². The van der Waals surface area contributed by atoms with Crippen molar-refractivity contribution in [1.29, 1.82) is 0 Å². The van der Waals surface area contributed by atoms with E-state index < -0.39 is 0 Å². The van der Waals surface area contributed by atoms with Gasteiger partial charge in [-0.1, -0.05) is 17.7 Å². The fraction of sp³-hybridized carbons (Fsp3) is 0.545. The second kappa shape index (κ2) is 12.1. The second-order valence-electron chi connectivity index (χ2n) is 7.06. The number of guanidine groups is 1. The van der Waals surface area contributed by atoms with Gasteiger partial charge < -0.3 is 15.4 Å². The van der Waals surface area contributed by atoms with E-state index >= 15 is 0 Å². The normalized spacial score (nSPS) is 11.5. The maximum absolute atomic E-state index is 5.77. The molecule has 1 heterocycles. The van der Waals surface area contributed by atoms with Crippen LogP contribution in [0.5, 0.6) is 5.75 Å². The molecule has 1 aromatic carbocycles. The molecular weight excluding hydrogens is 350 g/mol. The number of hydrogen-bond acceptors (Lipinski definition) is 3. The molecule has 154 valence electrons. The van der Waals surface area contributed by atoms with Gasteiger partial charge in [0.1, 0.15) is 5.75 Å². The molecule has 0 unspecified atom stereocenters. The molecule has 0 aliphatic carbocycles. The van der Waals surface area contributed by atoms with Crippen molar-refractivity contribution in [2.24, 2.45) is 4.99 Å². The molecule has 0 fully saturated rings. The van der Waals surface area contributed by atoms with Gasteiger partial charge >= 0.3 is 0 Å². The molecule has 28 heavy (non-hydrogen) atoms. The van der Waals surface area contributed by atoms with Gasteiger partial charge in [0, 0.05) is 31.9 Å². The Hall–Kier alpha value is -2.50. The van der Waals surface area contributed by atoms with Gasteiger partial charge in [-0.25, -0.2) is 0 Å². The van der Waals surface area contributed by atoms with Crippen molar-refractivity contribution in [1.82, 2.24) is 20.4 Å². The van der Waals surface area contributed by atoms with Gasteiger partial charge in [0.05, 0.1) is 12.3 Å². The summed E-state index contributed by atoms with van der Waals surface area (Å²) >= 11 is 0. The minimum absolute atomic E-state index is 0.737. The topological polar surface area (TPSA) is 63.5 Å². The van der Waals surface area contributed by atoms with Crippen LogP contribution in [0.15, 0.2) is 35.3 Å². The first-order valence-electron chi connectivity index (χ1n) is 10.3. The molecule has 0 atom stereocenters. The average molecular weight is 386 g/mol. The Balaban J connectivity index is 1.61. The number of hydrogen-bond donors (Lipinski definition) is 2. The quantitative estimate of drug-likeness (QED) is 0.352. The van der Waals surface area contributed by atoms with Crippen molar-refractivity contribution in [2.45, 2.75) is 53.5 Å². The highest BCUT2D eigenvalue weighted by atomic mass is 16.5. The van der Waals surface area contributed by atoms with Crippen LogP contribution in [0, 0.1) is 20.8 Å². The highest BCUT2D eigenvalue weighted by Gasteiger charge is 2.01. The summed E-state index contributed by atoms with van der Waals surface area (Å²) in [5, 5.41) is 11.2.